The van der Waals surface area contributed by atoms with Gasteiger partial charge in [-0.15, -0.1) is 0 Å². The van der Waals surface area contributed by atoms with Gasteiger partial charge in [0.1, 0.15) is 31.0 Å². The molecule has 0 radical (unpaired) electrons. The zero-order valence-corrected chi connectivity index (χ0v) is 14.1. The lowest BCUT2D eigenvalue weighted by atomic mass is 9.87. The maximum atomic E-state index is 11.9. The summed E-state index contributed by atoms with van der Waals surface area (Å²) in [6.45, 7) is 0.492. The molecule has 1 unspecified atom stereocenters. The quantitative estimate of drug-likeness (QED) is 0.233. The summed E-state index contributed by atoms with van der Waals surface area (Å²) in [4.78, 5) is 20.4. The van der Waals surface area contributed by atoms with Crippen LogP contribution in [0.3, 0.4) is 0 Å². The molecule has 1 saturated carbocycles. The van der Waals surface area contributed by atoms with Gasteiger partial charge in [-0.1, -0.05) is 0 Å². The Hall–Kier alpha value is -0.620. The third-order valence-electron chi connectivity index (χ3n) is 3.43. The molecule has 5 N–H and O–H groups in total. The van der Waals surface area contributed by atoms with Crippen molar-refractivity contribution in [1.29, 1.82) is 0 Å². The fourth-order valence-electron chi connectivity index (χ4n) is 2.06. The number of carbonyl (C=O) groups is 1. The lowest BCUT2D eigenvalue weighted by Gasteiger charge is -2.38. The van der Waals surface area contributed by atoms with E-state index in [0.717, 1.165) is 0 Å². The molecule has 1 aliphatic carbocycles. The van der Waals surface area contributed by atoms with Crippen LogP contribution in [0, 0.1) is 0 Å². The van der Waals surface area contributed by atoms with E-state index in [1.165, 1.54) is 14.0 Å². The average molecular weight is 374 g/mol. The lowest BCUT2D eigenvalue weighted by Crippen LogP contribution is -2.56. The molecule has 7 atom stereocenters. The molecule has 0 bridgehead atoms. The number of rotatable bonds is 8. The number of hydrogen-bond acceptors (Lipinski definition) is 10. The molecule has 142 valence electrons. The van der Waals surface area contributed by atoms with Crippen LogP contribution in [-0.2, 0) is 27.9 Å². The van der Waals surface area contributed by atoms with Crippen molar-refractivity contribution in [2.24, 2.45) is 0 Å². The first-order valence-corrected chi connectivity index (χ1v) is 8.61. The highest BCUT2D eigenvalue weighted by Gasteiger charge is 2.46. The van der Waals surface area contributed by atoms with E-state index in [-0.39, 0.29) is 13.0 Å². The lowest BCUT2D eigenvalue weighted by molar-refractivity contribution is -0.173. The largest absolute Gasteiger partial charge is 0.472 e. The van der Waals surface area contributed by atoms with Gasteiger partial charge in [-0.05, 0) is 0 Å². The minimum Gasteiger partial charge on any atom is -0.463 e. The van der Waals surface area contributed by atoms with Crippen LogP contribution in [0.15, 0.2) is 0 Å². The zero-order valence-electron chi connectivity index (χ0n) is 13.2. The molecule has 0 amide bonds. The molecule has 0 aromatic rings. The average Bonchev–Trinajstić information content (AvgIpc) is 2.49. The highest BCUT2D eigenvalue weighted by molar-refractivity contribution is 7.47. The normalized spacial score (nSPS) is 34.4. The second kappa shape index (κ2) is 9.18. The highest BCUT2D eigenvalue weighted by atomic mass is 31.2. The molecule has 0 heterocycles. The Bertz CT molecular complexity index is 458. The van der Waals surface area contributed by atoms with Crippen LogP contribution in [0.5, 0.6) is 0 Å². The fourth-order valence-corrected chi connectivity index (χ4v) is 3.05. The van der Waals surface area contributed by atoms with Gasteiger partial charge in [0.25, 0.3) is 0 Å². The van der Waals surface area contributed by atoms with E-state index in [4.69, 9.17) is 9.26 Å². The molecular weight excluding hydrogens is 351 g/mol. The number of esters is 1. The number of hydrogen-bond donors (Lipinski definition) is 5. The van der Waals surface area contributed by atoms with E-state index in [2.05, 4.69) is 9.26 Å². The van der Waals surface area contributed by atoms with Crippen molar-refractivity contribution in [2.75, 3.05) is 20.3 Å². The summed E-state index contributed by atoms with van der Waals surface area (Å²) < 4.78 is 30.9. The van der Waals surface area contributed by atoms with Gasteiger partial charge >= 0.3 is 13.8 Å². The summed E-state index contributed by atoms with van der Waals surface area (Å²) in [7, 11) is -3.46. The van der Waals surface area contributed by atoms with Crippen LogP contribution >= 0.6 is 7.82 Å². The van der Waals surface area contributed by atoms with Crippen molar-refractivity contribution in [1.82, 2.24) is 0 Å². The SMILES string of the molecule is CO[C@H](COC(C)=O)COP(=O)(O)O[C@@H]1[C@@H](O)[C@H](O)[C@@H](O)C[C@@H]1O. The van der Waals surface area contributed by atoms with Crippen LogP contribution in [0.4, 0.5) is 0 Å². The number of aliphatic hydroxyl groups excluding tert-OH is 4. The molecule has 1 rings (SSSR count). The second-order valence-electron chi connectivity index (χ2n) is 5.35. The molecule has 1 fully saturated rings. The number of carbonyl (C=O) groups excluding carboxylic acids is 1. The van der Waals surface area contributed by atoms with Crippen LogP contribution in [0.25, 0.3) is 0 Å². The van der Waals surface area contributed by atoms with Gasteiger partial charge in [-0.3, -0.25) is 13.8 Å². The molecule has 0 aromatic carbocycles. The van der Waals surface area contributed by atoms with E-state index in [1.54, 1.807) is 0 Å². The summed E-state index contributed by atoms with van der Waals surface area (Å²) in [6, 6.07) is 0. The standard InChI is InChI=1S/C12H23O11P/c1-6(13)21-4-7(20-2)5-22-24(18,19)23-12-9(15)3-8(14)10(16)11(12)17/h7-12,14-17H,3-5H2,1-2H3,(H,18,19)/t7-,8+,9+,10-,11+,12+/m1/s1. The predicted molar refractivity (Wildman–Crippen MR) is 76.7 cm³/mol. The maximum absolute atomic E-state index is 11.9. The summed E-state index contributed by atoms with van der Waals surface area (Å²) in [5, 5.41) is 38.4. The van der Waals surface area contributed by atoms with Gasteiger partial charge in [0.2, 0.25) is 0 Å². The summed E-state index contributed by atoms with van der Waals surface area (Å²) >= 11 is 0. The van der Waals surface area contributed by atoms with Crippen LogP contribution in [0.2, 0.25) is 0 Å². The van der Waals surface area contributed by atoms with Crippen molar-refractivity contribution < 1.29 is 53.2 Å². The Labute approximate surface area is 138 Å². The summed E-state index contributed by atoms with van der Waals surface area (Å²) in [5.41, 5.74) is 0. The Morgan fingerprint density at radius 1 is 1.17 bits per heavy atom. The predicted octanol–water partition coefficient (Wildman–Crippen LogP) is -2.09. The van der Waals surface area contributed by atoms with Crippen LogP contribution in [-0.4, -0.2) is 88.2 Å². The van der Waals surface area contributed by atoms with Gasteiger partial charge in [0.15, 0.2) is 0 Å². The van der Waals surface area contributed by atoms with Gasteiger partial charge in [0.05, 0.1) is 18.8 Å². The molecule has 0 saturated heterocycles. The molecule has 1 aliphatic rings. The topological polar surface area (TPSA) is 172 Å². The minimum absolute atomic E-state index is 0.217. The van der Waals surface area contributed by atoms with E-state index in [0.29, 0.717) is 0 Å². The van der Waals surface area contributed by atoms with Crippen molar-refractivity contribution in [3.05, 3.63) is 0 Å². The molecule has 0 aromatic heterocycles. The van der Waals surface area contributed by atoms with Crippen molar-refractivity contribution in [2.45, 2.75) is 50.0 Å². The van der Waals surface area contributed by atoms with Gasteiger partial charge in [-0.25, -0.2) is 4.57 Å². The Kier molecular flexibility index (Phi) is 8.20. The Balaban J connectivity index is 2.58. The third kappa shape index (κ3) is 6.36. The van der Waals surface area contributed by atoms with E-state index in [9.17, 15) is 34.7 Å². The molecule has 11 nitrogen and oxygen atoms in total. The number of phosphoric ester groups is 1. The molecule has 0 aliphatic heterocycles. The van der Waals surface area contributed by atoms with E-state index < -0.39 is 57.0 Å². The van der Waals surface area contributed by atoms with Crippen molar-refractivity contribution >= 4 is 13.8 Å². The Morgan fingerprint density at radius 2 is 1.79 bits per heavy atom. The molecule has 24 heavy (non-hydrogen) atoms. The third-order valence-corrected chi connectivity index (χ3v) is 4.41. The van der Waals surface area contributed by atoms with Crippen molar-refractivity contribution in [3.8, 4) is 0 Å². The molecule has 12 heteroatoms. The van der Waals surface area contributed by atoms with Crippen LogP contribution in [0.1, 0.15) is 13.3 Å². The van der Waals surface area contributed by atoms with Gasteiger partial charge < -0.3 is 34.8 Å². The number of methoxy groups -OCH3 is 1. The van der Waals surface area contributed by atoms with Gasteiger partial charge in [-0.2, -0.15) is 0 Å². The van der Waals surface area contributed by atoms with E-state index in [1.807, 2.05) is 0 Å². The first kappa shape index (κ1) is 21.4. The monoisotopic (exact) mass is 374 g/mol. The Morgan fingerprint density at radius 3 is 2.33 bits per heavy atom. The second-order valence-corrected chi connectivity index (χ2v) is 6.75. The number of aliphatic hydroxyl groups is 4. The highest BCUT2D eigenvalue weighted by Crippen LogP contribution is 2.47. The molecule has 0 spiro atoms. The summed E-state index contributed by atoms with van der Waals surface area (Å²) in [6.07, 6.45) is -9.13. The van der Waals surface area contributed by atoms with Gasteiger partial charge in [0, 0.05) is 20.5 Å². The summed E-state index contributed by atoms with van der Waals surface area (Å²) in [5.74, 6) is -0.568. The van der Waals surface area contributed by atoms with E-state index >= 15 is 0 Å². The first-order chi connectivity index (χ1) is 11.1. The zero-order chi connectivity index (χ0) is 18.5. The number of phosphoric acid groups is 1. The fraction of sp³-hybridized carbons (Fsp3) is 0.917. The smallest absolute Gasteiger partial charge is 0.463 e. The molecular formula is C12H23O11P. The van der Waals surface area contributed by atoms with Crippen molar-refractivity contribution in [3.63, 3.8) is 0 Å². The maximum Gasteiger partial charge on any atom is 0.472 e. The number of ether oxygens (including phenoxy) is 2. The van der Waals surface area contributed by atoms with Crippen LogP contribution < -0.4 is 0 Å². The first-order valence-electron chi connectivity index (χ1n) is 7.11. The minimum atomic E-state index is -4.73.